The number of anilines is 1. The predicted molar refractivity (Wildman–Crippen MR) is 107 cm³/mol. The first-order chi connectivity index (χ1) is 14.4. The Labute approximate surface area is 172 Å². The monoisotopic (exact) mass is 409 g/mol. The van der Waals surface area contributed by atoms with Crippen molar-refractivity contribution in [2.24, 2.45) is 5.73 Å². The molecule has 30 heavy (non-hydrogen) atoms. The fourth-order valence-electron chi connectivity index (χ4n) is 4.07. The van der Waals surface area contributed by atoms with Crippen LogP contribution in [-0.2, 0) is 0 Å². The van der Waals surface area contributed by atoms with Gasteiger partial charge >= 0.3 is 0 Å². The maximum Gasteiger partial charge on any atom is 0.261 e. The van der Waals surface area contributed by atoms with Crippen LogP contribution in [-0.4, -0.2) is 34.6 Å². The van der Waals surface area contributed by atoms with Crippen molar-refractivity contribution in [2.75, 3.05) is 5.32 Å². The Balaban J connectivity index is 1.57. The topological polar surface area (TPSA) is 110 Å². The van der Waals surface area contributed by atoms with Crippen molar-refractivity contribution in [3.05, 3.63) is 64.5 Å². The number of nitrogens with two attached hydrogens (primary N) is 1. The SMILES string of the molecule is NC(=O)c1cc(NC(=O)c2ccc3c(c2)C(=O)N(C2CCCCC2)C3=O)ccc1F. The van der Waals surface area contributed by atoms with Crippen molar-refractivity contribution in [3.63, 3.8) is 0 Å². The summed E-state index contributed by atoms with van der Waals surface area (Å²) in [7, 11) is 0. The number of nitrogens with zero attached hydrogens (tertiary/aromatic N) is 1. The van der Waals surface area contributed by atoms with Gasteiger partial charge in [0, 0.05) is 17.3 Å². The number of halogens is 1. The minimum atomic E-state index is -0.951. The number of hydrogen-bond donors (Lipinski definition) is 2. The van der Waals surface area contributed by atoms with Crippen molar-refractivity contribution in [3.8, 4) is 0 Å². The second-order valence-corrected chi connectivity index (χ2v) is 7.55. The summed E-state index contributed by atoms with van der Waals surface area (Å²) in [6.45, 7) is 0. The molecule has 7 nitrogen and oxygen atoms in total. The molecule has 2 aromatic carbocycles. The molecule has 0 bridgehead atoms. The Morgan fingerprint density at radius 1 is 0.967 bits per heavy atom. The van der Waals surface area contributed by atoms with Crippen LogP contribution in [0.1, 0.15) is 73.5 Å². The molecule has 1 fully saturated rings. The summed E-state index contributed by atoms with van der Waals surface area (Å²) in [6, 6.07) is 7.70. The summed E-state index contributed by atoms with van der Waals surface area (Å²) in [4.78, 5) is 50.8. The second-order valence-electron chi connectivity index (χ2n) is 7.55. The van der Waals surface area contributed by atoms with E-state index in [2.05, 4.69) is 5.32 Å². The maximum atomic E-state index is 13.6. The number of hydrogen-bond acceptors (Lipinski definition) is 4. The fraction of sp³-hybridized carbons (Fsp3) is 0.273. The van der Waals surface area contributed by atoms with Crippen LogP contribution in [0.4, 0.5) is 10.1 Å². The molecule has 4 rings (SSSR count). The van der Waals surface area contributed by atoms with E-state index in [1.807, 2.05) is 0 Å². The van der Waals surface area contributed by atoms with Crippen molar-refractivity contribution >= 4 is 29.3 Å². The molecule has 4 amide bonds. The normalized spacial score (nSPS) is 16.5. The zero-order chi connectivity index (χ0) is 21.4. The molecule has 1 saturated carbocycles. The van der Waals surface area contributed by atoms with Gasteiger partial charge in [-0.25, -0.2) is 4.39 Å². The van der Waals surface area contributed by atoms with Gasteiger partial charge in [0.2, 0.25) is 0 Å². The molecule has 1 heterocycles. The van der Waals surface area contributed by atoms with E-state index in [0.29, 0.717) is 5.56 Å². The summed E-state index contributed by atoms with van der Waals surface area (Å²) in [5.74, 6) is -3.00. The molecule has 0 saturated heterocycles. The van der Waals surface area contributed by atoms with E-state index in [0.717, 1.165) is 44.2 Å². The lowest BCUT2D eigenvalue weighted by Crippen LogP contribution is -2.40. The molecule has 1 aliphatic heterocycles. The van der Waals surface area contributed by atoms with E-state index < -0.39 is 17.6 Å². The number of amides is 4. The lowest BCUT2D eigenvalue weighted by molar-refractivity contribution is 0.0548. The van der Waals surface area contributed by atoms with Crippen LogP contribution in [0.3, 0.4) is 0 Å². The number of carbonyl (C=O) groups is 4. The average molecular weight is 409 g/mol. The number of primary amides is 1. The number of carbonyl (C=O) groups excluding carboxylic acids is 4. The summed E-state index contributed by atoms with van der Waals surface area (Å²) in [5.41, 5.74) is 5.63. The number of imide groups is 1. The van der Waals surface area contributed by atoms with Gasteiger partial charge in [0.05, 0.1) is 16.7 Å². The van der Waals surface area contributed by atoms with Crippen LogP contribution in [0.2, 0.25) is 0 Å². The Morgan fingerprint density at radius 3 is 2.37 bits per heavy atom. The Bertz CT molecular complexity index is 1080. The molecular formula is C22H20FN3O4. The first-order valence-electron chi connectivity index (χ1n) is 9.79. The van der Waals surface area contributed by atoms with Gasteiger partial charge in [-0.3, -0.25) is 24.1 Å². The van der Waals surface area contributed by atoms with Crippen LogP contribution in [0.5, 0.6) is 0 Å². The van der Waals surface area contributed by atoms with E-state index in [1.165, 1.54) is 29.2 Å². The largest absolute Gasteiger partial charge is 0.366 e. The number of benzene rings is 2. The van der Waals surface area contributed by atoms with Crippen LogP contribution >= 0.6 is 0 Å². The molecule has 8 heteroatoms. The third kappa shape index (κ3) is 3.45. The summed E-state index contributed by atoms with van der Waals surface area (Å²) < 4.78 is 13.6. The molecule has 0 unspecified atom stereocenters. The molecule has 0 radical (unpaired) electrons. The number of nitrogens with one attached hydrogen (secondary N) is 1. The lowest BCUT2D eigenvalue weighted by atomic mass is 9.94. The van der Waals surface area contributed by atoms with Crippen LogP contribution in [0.25, 0.3) is 0 Å². The van der Waals surface area contributed by atoms with Gasteiger partial charge in [-0.2, -0.15) is 0 Å². The third-order valence-electron chi connectivity index (χ3n) is 5.61. The quantitative estimate of drug-likeness (QED) is 0.756. The molecule has 0 aromatic heterocycles. The highest BCUT2D eigenvalue weighted by atomic mass is 19.1. The lowest BCUT2D eigenvalue weighted by Gasteiger charge is -2.29. The summed E-state index contributed by atoms with van der Waals surface area (Å²) in [5, 5.41) is 2.55. The van der Waals surface area contributed by atoms with E-state index in [9.17, 15) is 23.6 Å². The van der Waals surface area contributed by atoms with Crippen LogP contribution < -0.4 is 11.1 Å². The minimum absolute atomic E-state index is 0.102. The average Bonchev–Trinajstić information content (AvgIpc) is 2.99. The van der Waals surface area contributed by atoms with Crippen LogP contribution in [0, 0.1) is 5.82 Å². The molecule has 0 spiro atoms. The molecular weight excluding hydrogens is 389 g/mol. The van der Waals surface area contributed by atoms with E-state index in [-0.39, 0.29) is 40.2 Å². The van der Waals surface area contributed by atoms with E-state index >= 15 is 0 Å². The molecule has 1 aliphatic carbocycles. The summed E-state index contributed by atoms with van der Waals surface area (Å²) >= 11 is 0. The molecule has 0 atom stereocenters. The van der Waals surface area contributed by atoms with Gasteiger partial charge in [-0.1, -0.05) is 19.3 Å². The zero-order valence-electron chi connectivity index (χ0n) is 16.1. The van der Waals surface area contributed by atoms with Crippen molar-refractivity contribution in [2.45, 2.75) is 38.1 Å². The predicted octanol–water partition coefficient (Wildman–Crippen LogP) is 3.11. The molecule has 154 valence electrons. The first-order valence-corrected chi connectivity index (χ1v) is 9.79. The van der Waals surface area contributed by atoms with Crippen molar-refractivity contribution < 1.29 is 23.6 Å². The maximum absolute atomic E-state index is 13.6. The highest BCUT2D eigenvalue weighted by Gasteiger charge is 2.40. The van der Waals surface area contributed by atoms with E-state index in [1.54, 1.807) is 0 Å². The van der Waals surface area contributed by atoms with Gasteiger partial charge in [0.15, 0.2) is 0 Å². The van der Waals surface area contributed by atoms with Crippen molar-refractivity contribution in [1.82, 2.24) is 4.90 Å². The van der Waals surface area contributed by atoms with Gasteiger partial charge in [0.1, 0.15) is 5.82 Å². The minimum Gasteiger partial charge on any atom is -0.366 e. The number of fused-ring (bicyclic) bond motifs is 1. The summed E-state index contributed by atoms with van der Waals surface area (Å²) in [6.07, 6.45) is 4.66. The second kappa shape index (κ2) is 7.70. The Kier molecular flexibility index (Phi) is 5.07. The highest BCUT2D eigenvalue weighted by molar-refractivity contribution is 6.22. The van der Waals surface area contributed by atoms with Gasteiger partial charge in [0.25, 0.3) is 23.6 Å². The molecule has 3 N–H and O–H groups in total. The smallest absolute Gasteiger partial charge is 0.261 e. The molecule has 2 aromatic rings. The molecule has 2 aliphatic rings. The standard InChI is InChI=1S/C22H20FN3O4/c23-18-9-7-13(11-17(18)19(24)27)25-20(28)12-6-8-15-16(10-12)22(30)26(21(15)29)14-4-2-1-3-5-14/h6-11,14H,1-5H2,(H2,24,27)(H,25,28). The Morgan fingerprint density at radius 2 is 1.67 bits per heavy atom. The fourth-order valence-corrected chi connectivity index (χ4v) is 4.07. The van der Waals surface area contributed by atoms with Gasteiger partial charge in [-0.15, -0.1) is 0 Å². The van der Waals surface area contributed by atoms with Crippen LogP contribution in [0.15, 0.2) is 36.4 Å². The Hall–Kier alpha value is -3.55. The first kappa shape index (κ1) is 19.8. The van der Waals surface area contributed by atoms with Gasteiger partial charge < -0.3 is 11.1 Å². The van der Waals surface area contributed by atoms with E-state index in [4.69, 9.17) is 5.73 Å². The number of rotatable bonds is 4. The third-order valence-corrected chi connectivity index (χ3v) is 5.61. The van der Waals surface area contributed by atoms with Crippen molar-refractivity contribution in [1.29, 1.82) is 0 Å². The zero-order valence-corrected chi connectivity index (χ0v) is 16.1. The van der Waals surface area contributed by atoms with Gasteiger partial charge in [-0.05, 0) is 49.2 Å². The highest BCUT2D eigenvalue weighted by Crippen LogP contribution is 2.31.